The standard InChI is InChI=1S/C14H22N2O4/c1-2-11(3-4-13(17)18)5-7-15-14(19)16-9-12-6-8-20-10-12/h6,8,10-11H,2-5,7,9H2,1H3,(H,17,18)(H2,15,16,19). The van der Waals surface area contributed by atoms with Crippen molar-refractivity contribution in [3.8, 4) is 0 Å². The number of amides is 2. The van der Waals surface area contributed by atoms with Gasteiger partial charge in [0.1, 0.15) is 0 Å². The van der Waals surface area contributed by atoms with Crippen LogP contribution in [0.3, 0.4) is 0 Å². The third kappa shape index (κ3) is 6.82. The van der Waals surface area contributed by atoms with E-state index in [-0.39, 0.29) is 12.5 Å². The summed E-state index contributed by atoms with van der Waals surface area (Å²) in [5.74, 6) is -0.436. The summed E-state index contributed by atoms with van der Waals surface area (Å²) in [5.41, 5.74) is 0.910. The molecule has 1 heterocycles. The molecule has 0 radical (unpaired) electrons. The summed E-state index contributed by atoms with van der Waals surface area (Å²) in [6.45, 7) is 3.01. The normalized spacial score (nSPS) is 11.8. The highest BCUT2D eigenvalue weighted by Gasteiger charge is 2.09. The third-order valence-corrected chi connectivity index (χ3v) is 3.22. The van der Waals surface area contributed by atoms with Crippen LogP contribution < -0.4 is 10.6 Å². The Morgan fingerprint density at radius 3 is 2.75 bits per heavy atom. The maximum absolute atomic E-state index is 11.5. The molecule has 0 saturated heterocycles. The maximum atomic E-state index is 11.5. The summed E-state index contributed by atoms with van der Waals surface area (Å²) in [6, 6.07) is 1.57. The van der Waals surface area contributed by atoms with Gasteiger partial charge in [-0.15, -0.1) is 0 Å². The molecule has 3 N–H and O–H groups in total. The Kier molecular flexibility index (Phi) is 7.24. The first kappa shape index (κ1) is 16.1. The molecule has 20 heavy (non-hydrogen) atoms. The van der Waals surface area contributed by atoms with Crippen LogP contribution in [0.5, 0.6) is 0 Å². The van der Waals surface area contributed by atoms with Gasteiger partial charge in [-0.05, 0) is 24.8 Å². The fourth-order valence-electron chi connectivity index (χ4n) is 1.91. The van der Waals surface area contributed by atoms with Crippen LogP contribution in [0.2, 0.25) is 0 Å². The minimum absolute atomic E-state index is 0.186. The lowest BCUT2D eigenvalue weighted by molar-refractivity contribution is -0.137. The van der Waals surface area contributed by atoms with Crippen molar-refractivity contribution in [3.05, 3.63) is 24.2 Å². The number of carbonyl (C=O) groups is 2. The number of hydrogen-bond acceptors (Lipinski definition) is 3. The van der Waals surface area contributed by atoms with Gasteiger partial charge < -0.3 is 20.2 Å². The first-order chi connectivity index (χ1) is 9.61. The molecule has 112 valence electrons. The Labute approximate surface area is 118 Å². The van der Waals surface area contributed by atoms with Crippen molar-refractivity contribution in [2.45, 2.75) is 39.2 Å². The van der Waals surface area contributed by atoms with Gasteiger partial charge in [0.15, 0.2) is 0 Å². The van der Waals surface area contributed by atoms with E-state index in [9.17, 15) is 9.59 Å². The van der Waals surface area contributed by atoms with Crippen LogP contribution in [0.25, 0.3) is 0 Å². The van der Waals surface area contributed by atoms with Gasteiger partial charge in [-0.1, -0.05) is 13.3 Å². The first-order valence-electron chi connectivity index (χ1n) is 6.86. The predicted octanol–water partition coefficient (Wildman–Crippen LogP) is 2.36. The zero-order valence-corrected chi connectivity index (χ0v) is 11.7. The summed E-state index contributed by atoms with van der Waals surface area (Å²) >= 11 is 0. The number of hydrogen-bond donors (Lipinski definition) is 3. The number of aliphatic carboxylic acids is 1. The van der Waals surface area contributed by atoms with Crippen LogP contribution in [-0.4, -0.2) is 23.7 Å². The van der Waals surface area contributed by atoms with E-state index in [1.807, 2.05) is 6.92 Å². The molecule has 0 aromatic carbocycles. The van der Waals surface area contributed by atoms with Crippen LogP contribution in [0, 0.1) is 5.92 Å². The molecule has 0 fully saturated rings. The Balaban J connectivity index is 2.11. The van der Waals surface area contributed by atoms with E-state index >= 15 is 0 Å². The quantitative estimate of drug-likeness (QED) is 0.648. The lowest BCUT2D eigenvalue weighted by atomic mass is 9.97. The second-order valence-electron chi connectivity index (χ2n) is 4.74. The lowest BCUT2D eigenvalue weighted by Gasteiger charge is -2.14. The monoisotopic (exact) mass is 282 g/mol. The molecule has 6 nitrogen and oxygen atoms in total. The van der Waals surface area contributed by atoms with Crippen molar-refractivity contribution in [2.75, 3.05) is 6.54 Å². The molecule has 1 aromatic rings. The van der Waals surface area contributed by atoms with Crippen molar-refractivity contribution < 1.29 is 19.1 Å². The van der Waals surface area contributed by atoms with Gasteiger partial charge in [-0.2, -0.15) is 0 Å². The van der Waals surface area contributed by atoms with Crippen LogP contribution in [0.1, 0.15) is 38.2 Å². The lowest BCUT2D eigenvalue weighted by Crippen LogP contribution is -2.36. The van der Waals surface area contributed by atoms with Crippen molar-refractivity contribution >= 4 is 12.0 Å². The predicted molar refractivity (Wildman–Crippen MR) is 74.2 cm³/mol. The van der Waals surface area contributed by atoms with E-state index in [4.69, 9.17) is 9.52 Å². The van der Waals surface area contributed by atoms with Crippen molar-refractivity contribution in [1.82, 2.24) is 10.6 Å². The minimum Gasteiger partial charge on any atom is -0.481 e. The molecular formula is C14H22N2O4. The maximum Gasteiger partial charge on any atom is 0.315 e. The number of nitrogens with one attached hydrogen (secondary N) is 2. The second kappa shape index (κ2) is 9.01. The fourth-order valence-corrected chi connectivity index (χ4v) is 1.91. The number of rotatable bonds is 9. The molecule has 1 aromatic heterocycles. The van der Waals surface area contributed by atoms with E-state index < -0.39 is 5.97 Å². The summed E-state index contributed by atoms with van der Waals surface area (Å²) in [4.78, 5) is 22.0. The summed E-state index contributed by atoms with van der Waals surface area (Å²) in [5, 5.41) is 14.1. The van der Waals surface area contributed by atoms with Crippen LogP contribution in [0.15, 0.2) is 23.0 Å². The van der Waals surface area contributed by atoms with Gasteiger partial charge in [0, 0.05) is 25.1 Å². The Morgan fingerprint density at radius 2 is 2.15 bits per heavy atom. The van der Waals surface area contributed by atoms with Gasteiger partial charge in [0.05, 0.1) is 12.5 Å². The Morgan fingerprint density at radius 1 is 1.35 bits per heavy atom. The van der Waals surface area contributed by atoms with E-state index in [2.05, 4.69) is 10.6 Å². The highest BCUT2D eigenvalue weighted by atomic mass is 16.4. The average Bonchev–Trinajstić information content (AvgIpc) is 2.93. The van der Waals surface area contributed by atoms with Crippen LogP contribution >= 0.6 is 0 Å². The second-order valence-corrected chi connectivity index (χ2v) is 4.74. The molecule has 0 aliphatic carbocycles. The molecule has 1 unspecified atom stereocenters. The van der Waals surface area contributed by atoms with Crippen molar-refractivity contribution in [2.24, 2.45) is 5.92 Å². The number of carboxylic acids is 1. The number of carboxylic acid groups (broad SMARTS) is 1. The summed E-state index contributed by atoms with van der Waals surface area (Å²) in [7, 11) is 0. The highest BCUT2D eigenvalue weighted by molar-refractivity contribution is 5.73. The number of furan rings is 1. The molecule has 1 atom stereocenters. The van der Waals surface area contributed by atoms with Crippen LogP contribution in [0.4, 0.5) is 4.79 Å². The van der Waals surface area contributed by atoms with E-state index in [0.717, 1.165) is 18.4 Å². The Hall–Kier alpha value is -1.98. The van der Waals surface area contributed by atoms with Gasteiger partial charge in [-0.3, -0.25) is 4.79 Å². The zero-order chi connectivity index (χ0) is 14.8. The zero-order valence-electron chi connectivity index (χ0n) is 11.7. The summed E-state index contributed by atoms with van der Waals surface area (Å²) in [6.07, 6.45) is 5.70. The molecule has 0 spiro atoms. The molecule has 1 rings (SSSR count). The van der Waals surface area contributed by atoms with Gasteiger partial charge in [0.25, 0.3) is 0 Å². The van der Waals surface area contributed by atoms with Crippen molar-refractivity contribution in [3.63, 3.8) is 0 Å². The average molecular weight is 282 g/mol. The van der Waals surface area contributed by atoms with Gasteiger partial charge >= 0.3 is 12.0 Å². The number of urea groups is 1. The van der Waals surface area contributed by atoms with Crippen molar-refractivity contribution in [1.29, 1.82) is 0 Å². The SMILES string of the molecule is CCC(CCNC(=O)NCc1ccoc1)CCC(=O)O. The molecule has 0 aliphatic heterocycles. The van der Waals surface area contributed by atoms with E-state index in [1.54, 1.807) is 18.6 Å². The molecule has 6 heteroatoms. The van der Waals surface area contributed by atoms with E-state index in [1.165, 1.54) is 0 Å². The molecular weight excluding hydrogens is 260 g/mol. The van der Waals surface area contributed by atoms with Gasteiger partial charge in [-0.25, -0.2) is 4.79 Å². The number of carbonyl (C=O) groups excluding carboxylic acids is 1. The van der Waals surface area contributed by atoms with E-state index in [0.29, 0.717) is 25.4 Å². The molecule has 0 bridgehead atoms. The largest absolute Gasteiger partial charge is 0.481 e. The minimum atomic E-state index is -0.769. The smallest absolute Gasteiger partial charge is 0.315 e. The highest BCUT2D eigenvalue weighted by Crippen LogP contribution is 2.14. The molecule has 0 saturated carbocycles. The topological polar surface area (TPSA) is 91.6 Å². The molecule has 0 aliphatic rings. The molecule has 2 amide bonds. The Bertz CT molecular complexity index is 403. The third-order valence-electron chi connectivity index (χ3n) is 3.22. The van der Waals surface area contributed by atoms with Crippen LogP contribution in [-0.2, 0) is 11.3 Å². The summed E-state index contributed by atoms with van der Waals surface area (Å²) < 4.78 is 4.90. The van der Waals surface area contributed by atoms with Gasteiger partial charge in [0.2, 0.25) is 0 Å². The first-order valence-corrected chi connectivity index (χ1v) is 6.86. The fraction of sp³-hybridized carbons (Fsp3) is 0.571.